The Balaban J connectivity index is 1.94. The van der Waals surface area contributed by atoms with Crippen LogP contribution < -0.4 is 10.5 Å². The summed E-state index contributed by atoms with van der Waals surface area (Å²) in [6.45, 7) is 5.84. The summed E-state index contributed by atoms with van der Waals surface area (Å²) in [5.74, 6) is -0.896. The minimum Gasteiger partial charge on any atom is -0.502 e. The number of carbonyl (C=O) groups is 1. The highest BCUT2D eigenvalue weighted by Crippen LogP contribution is 2.20. The molecule has 3 rings (SSSR count). The number of aromatic hydroxyl groups is 1. The van der Waals surface area contributed by atoms with Crippen LogP contribution in [0.1, 0.15) is 44.7 Å². The highest BCUT2D eigenvalue weighted by molar-refractivity contribution is 5.96. The van der Waals surface area contributed by atoms with Crippen molar-refractivity contribution >= 4 is 17.8 Å². The molecule has 32 heavy (non-hydrogen) atoms. The molecule has 0 saturated carbocycles. The lowest BCUT2D eigenvalue weighted by Crippen LogP contribution is -2.40. The minimum absolute atomic E-state index is 0.161. The van der Waals surface area contributed by atoms with Gasteiger partial charge in [-0.25, -0.2) is 14.2 Å². The molecule has 0 spiro atoms. The Morgan fingerprint density at radius 1 is 1.41 bits per heavy atom. The molecule has 0 atom stereocenters. The number of aromatic nitrogens is 2. The van der Waals surface area contributed by atoms with Crippen molar-refractivity contribution in [3.63, 3.8) is 0 Å². The van der Waals surface area contributed by atoms with Gasteiger partial charge in [-0.15, -0.1) is 0 Å². The van der Waals surface area contributed by atoms with E-state index in [9.17, 15) is 24.3 Å². The van der Waals surface area contributed by atoms with Crippen LogP contribution in [0.25, 0.3) is 0 Å². The van der Waals surface area contributed by atoms with E-state index in [0.29, 0.717) is 25.1 Å². The molecule has 1 N–H and O–H groups in total. The smallest absolute Gasteiger partial charge is 0.434 e. The molecule has 2 heterocycles. The first-order valence-electron chi connectivity index (χ1n) is 10.1. The molecular formula is C22H24FN5O4. The lowest BCUT2D eigenvalue weighted by Gasteiger charge is -2.30. The summed E-state index contributed by atoms with van der Waals surface area (Å²) >= 11 is 0. The number of nitriles is 1. The van der Waals surface area contributed by atoms with Gasteiger partial charge in [0.15, 0.2) is 0 Å². The second-order valence-corrected chi connectivity index (χ2v) is 8.43. The molecule has 9 nitrogen and oxygen atoms in total. The maximum atomic E-state index is 13.8. The average molecular weight is 441 g/mol. The van der Waals surface area contributed by atoms with E-state index >= 15 is 0 Å². The Hall–Kier alpha value is -3.74. The number of amides is 1. The van der Waals surface area contributed by atoms with Gasteiger partial charge in [-0.3, -0.25) is 9.36 Å². The maximum absolute atomic E-state index is 13.8. The topological polar surface area (TPSA) is 121 Å². The Morgan fingerprint density at radius 2 is 2.16 bits per heavy atom. The summed E-state index contributed by atoms with van der Waals surface area (Å²) in [6, 6.07) is 5.64. The molecular weight excluding hydrogens is 417 g/mol. The molecule has 1 aliphatic heterocycles. The van der Waals surface area contributed by atoms with Gasteiger partial charge in [-0.05, 0) is 57.4 Å². The first-order valence-corrected chi connectivity index (χ1v) is 10.1. The molecule has 0 aliphatic carbocycles. The number of hydrogen-bond acceptors (Lipinski definition) is 7. The van der Waals surface area contributed by atoms with Crippen molar-refractivity contribution in [3.05, 3.63) is 51.7 Å². The highest BCUT2D eigenvalue weighted by atomic mass is 19.1. The quantitative estimate of drug-likeness (QED) is 0.777. The molecule has 0 radical (unpaired) electrons. The first kappa shape index (κ1) is 22.9. The van der Waals surface area contributed by atoms with E-state index in [1.165, 1.54) is 16.7 Å². The Bertz CT molecular complexity index is 1160. The standard InChI is InChI=1S/C22H24FN5O4/c1-22(2,3)32-21(31)26-17-5-4-8-27(13-17)20-25-11-18(29)19(30)28(20)12-15-9-16(23)7-6-14(15)10-24/h6-7,9,11,29H,4-5,8,12-13H2,1-3H3. The zero-order valence-corrected chi connectivity index (χ0v) is 18.1. The van der Waals surface area contributed by atoms with Crippen molar-refractivity contribution in [2.45, 2.75) is 45.8 Å². The van der Waals surface area contributed by atoms with Crippen LogP contribution in [0.15, 0.2) is 34.2 Å². The third-order valence-electron chi connectivity index (χ3n) is 4.72. The molecule has 168 valence electrons. The van der Waals surface area contributed by atoms with Crippen molar-refractivity contribution in [2.24, 2.45) is 4.99 Å². The van der Waals surface area contributed by atoms with Crippen molar-refractivity contribution in [1.82, 2.24) is 9.55 Å². The zero-order valence-electron chi connectivity index (χ0n) is 18.1. The number of piperidine rings is 1. The summed E-state index contributed by atoms with van der Waals surface area (Å²) < 4.78 is 20.2. The van der Waals surface area contributed by atoms with E-state index < -0.39 is 28.8 Å². The molecule has 0 unspecified atom stereocenters. The van der Waals surface area contributed by atoms with Crippen LogP contribution in [0.4, 0.5) is 15.1 Å². The predicted octanol–water partition coefficient (Wildman–Crippen LogP) is 2.98. The van der Waals surface area contributed by atoms with Crippen LogP contribution in [0, 0.1) is 17.1 Å². The van der Waals surface area contributed by atoms with Gasteiger partial charge in [0.25, 0.3) is 5.56 Å². The second-order valence-electron chi connectivity index (χ2n) is 8.43. The monoisotopic (exact) mass is 441 g/mol. The number of nitrogens with zero attached hydrogens (tertiary/aromatic N) is 5. The van der Waals surface area contributed by atoms with E-state index in [0.717, 1.165) is 12.3 Å². The van der Waals surface area contributed by atoms with Crippen LogP contribution in [0.2, 0.25) is 0 Å². The van der Waals surface area contributed by atoms with Gasteiger partial charge in [0, 0.05) is 12.3 Å². The number of benzene rings is 1. The van der Waals surface area contributed by atoms with Gasteiger partial charge < -0.3 is 14.7 Å². The summed E-state index contributed by atoms with van der Waals surface area (Å²) in [7, 11) is 0. The minimum atomic E-state index is -0.723. The van der Waals surface area contributed by atoms with Crippen LogP contribution in [0.3, 0.4) is 0 Å². The van der Waals surface area contributed by atoms with E-state index in [4.69, 9.17) is 4.74 Å². The third-order valence-corrected chi connectivity index (χ3v) is 4.72. The highest BCUT2D eigenvalue weighted by Gasteiger charge is 2.24. The lowest BCUT2D eigenvalue weighted by molar-refractivity contribution is 0.0603. The fraction of sp³-hybridized carbons (Fsp3) is 0.409. The summed E-state index contributed by atoms with van der Waals surface area (Å²) in [5.41, 5.74) is -0.332. The molecule has 0 bridgehead atoms. The van der Waals surface area contributed by atoms with Crippen LogP contribution in [-0.2, 0) is 11.3 Å². The van der Waals surface area contributed by atoms with Gasteiger partial charge in [-0.2, -0.15) is 10.3 Å². The lowest BCUT2D eigenvalue weighted by atomic mass is 10.1. The number of carbonyl (C=O) groups excluding carboxylic acids is 1. The van der Waals surface area contributed by atoms with Gasteiger partial charge in [-0.1, -0.05) is 0 Å². The summed E-state index contributed by atoms with van der Waals surface area (Å²) in [5, 5.41) is 19.3. The molecule has 1 amide bonds. The molecule has 1 fully saturated rings. The van der Waals surface area contributed by atoms with Gasteiger partial charge in [0.2, 0.25) is 11.7 Å². The molecule has 10 heteroatoms. The van der Waals surface area contributed by atoms with E-state index in [1.54, 1.807) is 25.7 Å². The Kier molecular flexibility index (Phi) is 6.58. The molecule has 1 aromatic carbocycles. The summed E-state index contributed by atoms with van der Waals surface area (Å²) in [6.07, 6.45) is 1.59. The Labute approximate surface area is 184 Å². The fourth-order valence-corrected chi connectivity index (χ4v) is 3.37. The van der Waals surface area contributed by atoms with Crippen molar-refractivity contribution in [3.8, 4) is 11.8 Å². The number of halogens is 1. The molecule has 2 aromatic rings. The second kappa shape index (κ2) is 9.18. The molecule has 1 aromatic heterocycles. The van der Waals surface area contributed by atoms with Crippen molar-refractivity contribution < 1.29 is 19.0 Å². The van der Waals surface area contributed by atoms with Crippen LogP contribution in [-0.4, -0.2) is 45.2 Å². The van der Waals surface area contributed by atoms with Crippen LogP contribution in [0.5, 0.6) is 5.75 Å². The number of hydrogen-bond donors (Lipinski definition) is 1. The molecule has 1 aliphatic rings. The number of aliphatic imine (C=N–C) groups is 1. The number of rotatable bonds is 3. The maximum Gasteiger partial charge on any atom is 0.434 e. The van der Waals surface area contributed by atoms with Gasteiger partial charge >= 0.3 is 6.09 Å². The van der Waals surface area contributed by atoms with Gasteiger partial charge in [0.1, 0.15) is 11.4 Å². The third kappa shape index (κ3) is 5.49. The zero-order chi connectivity index (χ0) is 23.5. The normalized spacial score (nSPS) is 15.5. The fourth-order valence-electron chi connectivity index (χ4n) is 3.37. The largest absolute Gasteiger partial charge is 0.502 e. The van der Waals surface area contributed by atoms with Crippen molar-refractivity contribution in [2.75, 3.05) is 18.0 Å². The number of anilines is 1. The van der Waals surface area contributed by atoms with Crippen molar-refractivity contribution in [1.29, 1.82) is 5.26 Å². The van der Waals surface area contributed by atoms with E-state index in [1.807, 2.05) is 6.07 Å². The first-order chi connectivity index (χ1) is 15.1. The SMILES string of the molecule is CC(C)(C)OC(=O)N=C1CCCN(c2ncc(O)c(=O)n2Cc2cc(F)ccc2C#N)C1. The van der Waals surface area contributed by atoms with Gasteiger partial charge in [0.05, 0.1) is 30.9 Å². The van der Waals surface area contributed by atoms with E-state index in [2.05, 4.69) is 9.98 Å². The number of ether oxygens (including phenoxy) is 1. The molecule has 1 saturated heterocycles. The van der Waals surface area contributed by atoms with Crippen LogP contribution >= 0.6 is 0 Å². The average Bonchev–Trinajstić information content (AvgIpc) is 2.70. The Morgan fingerprint density at radius 3 is 2.84 bits per heavy atom. The predicted molar refractivity (Wildman–Crippen MR) is 115 cm³/mol. The summed E-state index contributed by atoms with van der Waals surface area (Å²) in [4.78, 5) is 34.8. The van der Waals surface area contributed by atoms with E-state index in [-0.39, 0.29) is 30.2 Å².